The van der Waals surface area contributed by atoms with Crippen molar-refractivity contribution in [2.45, 2.75) is 19.4 Å². The molecule has 8 nitrogen and oxygen atoms in total. The number of aryl methyl sites for hydroxylation is 1. The van der Waals surface area contributed by atoms with Crippen molar-refractivity contribution in [1.29, 1.82) is 0 Å². The summed E-state index contributed by atoms with van der Waals surface area (Å²) in [6.45, 7) is -0.172. The Hall–Kier alpha value is -2.75. The minimum atomic E-state index is -3.46. The Bertz CT molecular complexity index is 758. The van der Waals surface area contributed by atoms with E-state index in [2.05, 4.69) is 10.3 Å². The molecule has 130 valence electrons. The summed E-state index contributed by atoms with van der Waals surface area (Å²) >= 11 is 0. The number of nitrogens with zero attached hydrogens (tertiary/aromatic N) is 3. The van der Waals surface area contributed by atoms with Gasteiger partial charge in [-0.1, -0.05) is 12.2 Å². The molecule has 0 atom stereocenters. The summed E-state index contributed by atoms with van der Waals surface area (Å²) in [5.41, 5.74) is -1.14. The maximum Gasteiger partial charge on any atom is 0.323 e. The second-order valence-corrected chi connectivity index (χ2v) is 5.15. The number of nitrogens with one attached hydrogen (secondary N) is 1. The van der Waals surface area contributed by atoms with E-state index in [1.54, 1.807) is 0 Å². The van der Waals surface area contributed by atoms with Crippen LogP contribution in [0.4, 0.5) is 14.6 Å². The van der Waals surface area contributed by atoms with Crippen molar-refractivity contribution in [3.63, 3.8) is 0 Å². The molecular weight excluding hydrogens is 326 g/mol. The first-order valence-corrected chi connectivity index (χ1v) is 6.96. The lowest BCUT2D eigenvalue weighted by Crippen LogP contribution is -2.40. The first-order valence-electron chi connectivity index (χ1n) is 6.96. The number of anilines is 1. The minimum Gasteiger partial charge on any atom is -0.480 e. The van der Waals surface area contributed by atoms with Crippen molar-refractivity contribution in [3.8, 4) is 0 Å². The van der Waals surface area contributed by atoms with Crippen molar-refractivity contribution in [3.05, 3.63) is 46.2 Å². The molecule has 0 fully saturated rings. The van der Waals surface area contributed by atoms with E-state index in [9.17, 15) is 23.6 Å². The molecule has 1 aliphatic heterocycles. The SMILES string of the molecule is Cc1cnc(NCC(F)(F)C2=CC=CCN2O)c(=O)n1CC(=O)O. The number of allylic oxidation sites excluding steroid dienone is 2. The lowest BCUT2D eigenvalue weighted by molar-refractivity contribution is -0.137. The Balaban J connectivity index is 2.20. The predicted molar refractivity (Wildman–Crippen MR) is 80.0 cm³/mol. The van der Waals surface area contributed by atoms with Crippen LogP contribution in [-0.2, 0) is 11.3 Å². The van der Waals surface area contributed by atoms with Crippen LogP contribution < -0.4 is 10.9 Å². The number of carbonyl (C=O) groups is 1. The topological polar surface area (TPSA) is 108 Å². The highest BCUT2D eigenvalue weighted by atomic mass is 19.3. The molecule has 1 aliphatic rings. The molecule has 2 rings (SSSR count). The predicted octanol–water partition coefficient (Wildman–Crippen LogP) is 0.828. The fraction of sp³-hybridized carbons (Fsp3) is 0.357. The van der Waals surface area contributed by atoms with E-state index in [-0.39, 0.29) is 6.54 Å². The van der Waals surface area contributed by atoms with E-state index in [0.717, 1.165) is 10.6 Å². The van der Waals surface area contributed by atoms with Crippen LogP contribution in [0.5, 0.6) is 0 Å². The van der Waals surface area contributed by atoms with Crippen LogP contribution in [0.3, 0.4) is 0 Å². The highest BCUT2D eigenvalue weighted by molar-refractivity contribution is 5.66. The Morgan fingerprint density at radius 1 is 1.50 bits per heavy atom. The molecule has 0 saturated carbocycles. The quantitative estimate of drug-likeness (QED) is 0.703. The molecule has 0 saturated heterocycles. The standard InChI is InChI=1S/C14H16F2N4O4/c1-9-6-17-12(13(23)19(9)7-11(21)22)18-8-14(15,16)10-4-2-3-5-20(10)24/h2-4,6,24H,5,7-8H2,1H3,(H,17,18)(H,21,22). The number of aromatic nitrogens is 2. The molecule has 10 heteroatoms. The number of hydrogen-bond acceptors (Lipinski definition) is 6. The maximum absolute atomic E-state index is 14.2. The smallest absolute Gasteiger partial charge is 0.323 e. The van der Waals surface area contributed by atoms with Gasteiger partial charge >= 0.3 is 11.9 Å². The van der Waals surface area contributed by atoms with Gasteiger partial charge in [0.1, 0.15) is 12.2 Å². The van der Waals surface area contributed by atoms with Gasteiger partial charge in [-0.15, -0.1) is 0 Å². The van der Waals surface area contributed by atoms with Gasteiger partial charge in [0.15, 0.2) is 5.82 Å². The third-order valence-electron chi connectivity index (χ3n) is 3.35. The summed E-state index contributed by atoms with van der Waals surface area (Å²) in [5, 5.41) is 20.9. The van der Waals surface area contributed by atoms with Gasteiger partial charge in [-0.25, -0.2) is 4.98 Å². The van der Waals surface area contributed by atoms with E-state index >= 15 is 0 Å². The summed E-state index contributed by atoms with van der Waals surface area (Å²) in [6, 6.07) is 0. The largest absolute Gasteiger partial charge is 0.480 e. The number of hydroxylamine groups is 2. The van der Waals surface area contributed by atoms with E-state index in [1.807, 2.05) is 0 Å². The summed E-state index contributed by atoms with van der Waals surface area (Å²) in [6.07, 6.45) is 5.17. The van der Waals surface area contributed by atoms with E-state index in [0.29, 0.717) is 10.8 Å². The second kappa shape index (κ2) is 6.79. The number of halogens is 2. The van der Waals surface area contributed by atoms with Crippen molar-refractivity contribution in [2.24, 2.45) is 0 Å². The number of alkyl halides is 2. The van der Waals surface area contributed by atoms with Gasteiger partial charge in [0.05, 0.1) is 13.1 Å². The van der Waals surface area contributed by atoms with Crippen LogP contribution in [0.15, 0.2) is 34.9 Å². The molecule has 24 heavy (non-hydrogen) atoms. The number of hydrogen-bond donors (Lipinski definition) is 3. The third-order valence-corrected chi connectivity index (χ3v) is 3.35. The van der Waals surface area contributed by atoms with Gasteiger partial charge in [-0.2, -0.15) is 8.78 Å². The highest BCUT2D eigenvalue weighted by Crippen LogP contribution is 2.27. The van der Waals surface area contributed by atoms with Crippen LogP contribution in [-0.4, -0.2) is 49.9 Å². The molecule has 1 aromatic heterocycles. The summed E-state index contributed by atoms with van der Waals surface area (Å²) < 4.78 is 29.3. The molecule has 2 heterocycles. The zero-order chi connectivity index (χ0) is 17.9. The van der Waals surface area contributed by atoms with Crippen molar-refractivity contribution >= 4 is 11.8 Å². The molecule has 0 bridgehead atoms. The van der Waals surface area contributed by atoms with Gasteiger partial charge in [-0.05, 0) is 13.0 Å². The Labute approximate surface area is 135 Å². The first kappa shape index (κ1) is 17.6. The van der Waals surface area contributed by atoms with Crippen molar-refractivity contribution < 1.29 is 23.9 Å². The van der Waals surface area contributed by atoms with Crippen LogP contribution >= 0.6 is 0 Å². The molecule has 1 aromatic rings. The normalized spacial score (nSPS) is 14.5. The second-order valence-electron chi connectivity index (χ2n) is 5.15. The van der Waals surface area contributed by atoms with Crippen LogP contribution in [0.1, 0.15) is 5.69 Å². The number of carboxylic acids is 1. The molecule has 0 amide bonds. The molecule has 3 N–H and O–H groups in total. The lowest BCUT2D eigenvalue weighted by Gasteiger charge is -2.28. The Morgan fingerprint density at radius 3 is 2.83 bits per heavy atom. The maximum atomic E-state index is 14.2. The third kappa shape index (κ3) is 3.77. The first-order chi connectivity index (χ1) is 11.2. The summed E-state index contributed by atoms with van der Waals surface area (Å²) in [7, 11) is 0. The number of rotatable bonds is 6. The molecule has 0 aliphatic carbocycles. The van der Waals surface area contributed by atoms with E-state index in [1.165, 1.54) is 25.3 Å². The Morgan fingerprint density at radius 2 is 2.21 bits per heavy atom. The zero-order valence-corrected chi connectivity index (χ0v) is 12.7. The van der Waals surface area contributed by atoms with Crippen molar-refractivity contribution in [2.75, 3.05) is 18.4 Å². The van der Waals surface area contributed by atoms with Crippen LogP contribution in [0, 0.1) is 6.92 Å². The zero-order valence-electron chi connectivity index (χ0n) is 12.7. The molecule has 0 spiro atoms. The van der Waals surface area contributed by atoms with Crippen molar-refractivity contribution in [1.82, 2.24) is 14.6 Å². The fourth-order valence-electron chi connectivity index (χ4n) is 2.12. The molecular formula is C14H16F2N4O4. The van der Waals surface area contributed by atoms with E-state index in [4.69, 9.17) is 5.11 Å². The van der Waals surface area contributed by atoms with Gasteiger partial charge in [-0.3, -0.25) is 24.4 Å². The number of carboxylic acid groups (broad SMARTS) is 1. The summed E-state index contributed by atoms with van der Waals surface area (Å²) in [4.78, 5) is 26.6. The van der Waals surface area contributed by atoms with E-state index < -0.39 is 42.1 Å². The van der Waals surface area contributed by atoms with Gasteiger partial charge in [0.25, 0.3) is 5.56 Å². The summed E-state index contributed by atoms with van der Waals surface area (Å²) in [5.74, 6) is -5.09. The van der Waals surface area contributed by atoms with Crippen LogP contribution in [0.25, 0.3) is 0 Å². The van der Waals surface area contributed by atoms with Gasteiger partial charge in [0, 0.05) is 11.9 Å². The molecule has 0 unspecified atom stereocenters. The fourth-order valence-corrected chi connectivity index (χ4v) is 2.12. The number of aliphatic carboxylic acids is 1. The van der Waals surface area contributed by atoms with Crippen LogP contribution in [0.2, 0.25) is 0 Å². The minimum absolute atomic E-state index is 0.0738. The average Bonchev–Trinajstić information content (AvgIpc) is 2.50. The monoisotopic (exact) mass is 342 g/mol. The Kier molecular flexibility index (Phi) is 4.98. The highest BCUT2D eigenvalue weighted by Gasteiger charge is 2.38. The molecule has 0 aromatic carbocycles. The van der Waals surface area contributed by atoms with Gasteiger partial charge in [0.2, 0.25) is 0 Å². The lowest BCUT2D eigenvalue weighted by atomic mass is 10.1. The molecule has 0 radical (unpaired) electrons. The van der Waals surface area contributed by atoms with Gasteiger partial charge < -0.3 is 10.4 Å². The average molecular weight is 342 g/mol.